The summed E-state index contributed by atoms with van der Waals surface area (Å²) in [5.74, 6) is 2.05. The van der Waals surface area contributed by atoms with E-state index in [9.17, 15) is 9.59 Å². The number of benzene rings is 2. The fraction of sp³-hybridized carbons (Fsp3) is 0.484. The van der Waals surface area contributed by atoms with E-state index in [2.05, 4.69) is 24.6 Å². The number of carbonyl (C=O) groups excluding carboxylic acids is 2. The number of anilines is 2. The zero-order valence-electron chi connectivity index (χ0n) is 21.4. The monoisotopic (exact) mass is 483 g/mol. The maximum Gasteiger partial charge on any atom is 0.242 e. The lowest BCUT2D eigenvalue weighted by molar-refractivity contribution is -0.132. The Kier molecular flexibility index (Phi) is 5.70. The number of rotatable bonds is 4. The number of nitrogens with zero attached hydrogens (tertiary/aromatic N) is 1. The van der Waals surface area contributed by atoms with Crippen LogP contribution in [0, 0.1) is 34.5 Å². The molecule has 1 heterocycles. The van der Waals surface area contributed by atoms with E-state index >= 15 is 0 Å². The van der Waals surface area contributed by atoms with Gasteiger partial charge in [0.2, 0.25) is 5.91 Å². The van der Waals surface area contributed by atoms with Gasteiger partial charge in [0.25, 0.3) is 0 Å². The summed E-state index contributed by atoms with van der Waals surface area (Å²) in [5.41, 5.74) is 6.44. The molecule has 1 aliphatic heterocycles. The smallest absolute Gasteiger partial charge is 0.242 e. The van der Waals surface area contributed by atoms with E-state index in [4.69, 9.17) is 0 Å². The van der Waals surface area contributed by atoms with Gasteiger partial charge >= 0.3 is 0 Å². The van der Waals surface area contributed by atoms with Crippen molar-refractivity contribution in [2.24, 2.45) is 34.5 Å². The predicted molar refractivity (Wildman–Crippen MR) is 142 cm³/mol. The van der Waals surface area contributed by atoms with Crippen LogP contribution in [-0.4, -0.2) is 18.2 Å². The molecule has 36 heavy (non-hydrogen) atoms. The van der Waals surface area contributed by atoms with Crippen molar-refractivity contribution in [3.63, 3.8) is 0 Å². The molecule has 3 fully saturated rings. The number of nitrogens with one attached hydrogen (secondary N) is 2. The molecule has 1 amide bonds. The molecule has 2 aromatic rings. The Morgan fingerprint density at radius 3 is 2.25 bits per heavy atom. The molecule has 5 nitrogen and oxygen atoms in total. The summed E-state index contributed by atoms with van der Waals surface area (Å²) in [6, 6.07) is 20.1. The highest BCUT2D eigenvalue weighted by Crippen LogP contribution is 2.64. The molecule has 0 radical (unpaired) electrons. The number of hydrogen-bond acceptors (Lipinski definition) is 4. The summed E-state index contributed by atoms with van der Waals surface area (Å²) in [7, 11) is 0. The summed E-state index contributed by atoms with van der Waals surface area (Å²) >= 11 is 0. The first-order valence-corrected chi connectivity index (χ1v) is 13.6. The summed E-state index contributed by atoms with van der Waals surface area (Å²) in [6.45, 7) is 5.67. The van der Waals surface area contributed by atoms with Crippen LogP contribution in [0.15, 0.2) is 72.4 Å². The van der Waals surface area contributed by atoms with Crippen LogP contribution < -0.4 is 15.8 Å². The van der Waals surface area contributed by atoms with Gasteiger partial charge in [-0.05, 0) is 79.5 Å². The number of piperidine rings is 1. The molecular formula is C31H37N3O2. The van der Waals surface area contributed by atoms with Gasteiger partial charge in [-0.2, -0.15) is 0 Å². The van der Waals surface area contributed by atoms with Crippen LogP contribution in [-0.2, 0) is 9.59 Å². The lowest BCUT2D eigenvalue weighted by Gasteiger charge is -2.58. The molecule has 0 aromatic heterocycles. The number of carbonyl (C=O) groups is 2. The number of ketones is 1. The van der Waals surface area contributed by atoms with E-state index in [1.165, 1.54) is 0 Å². The molecule has 0 spiro atoms. The van der Waals surface area contributed by atoms with Crippen molar-refractivity contribution < 1.29 is 9.59 Å². The minimum Gasteiger partial charge on any atom is -0.387 e. The minimum absolute atomic E-state index is 0.00365. The fourth-order valence-corrected chi connectivity index (χ4v) is 8.20. The van der Waals surface area contributed by atoms with Crippen LogP contribution in [0.2, 0.25) is 0 Å². The first-order valence-electron chi connectivity index (χ1n) is 13.6. The molecule has 2 aromatic carbocycles. The lowest BCUT2D eigenvalue weighted by Crippen LogP contribution is -2.57. The van der Waals surface area contributed by atoms with Gasteiger partial charge in [0.15, 0.2) is 5.78 Å². The van der Waals surface area contributed by atoms with Gasteiger partial charge in [0, 0.05) is 36.1 Å². The molecule has 2 N–H and O–H groups in total. The quantitative estimate of drug-likeness (QED) is 0.542. The van der Waals surface area contributed by atoms with Crippen molar-refractivity contribution in [3.8, 4) is 0 Å². The number of allylic oxidation sites excluding steroid dienone is 2. The Morgan fingerprint density at radius 2 is 1.58 bits per heavy atom. The summed E-state index contributed by atoms with van der Waals surface area (Å²) in [5, 5.41) is 5.61. The number of hydrogen-bond donors (Lipinski definition) is 2. The van der Waals surface area contributed by atoms with Crippen molar-refractivity contribution in [2.75, 3.05) is 11.6 Å². The van der Waals surface area contributed by atoms with Gasteiger partial charge in [-0.15, -0.1) is 0 Å². The predicted octanol–water partition coefficient (Wildman–Crippen LogP) is 5.77. The Hall–Kier alpha value is -3.08. The third-order valence-corrected chi connectivity index (χ3v) is 10.2. The highest BCUT2D eigenvalue weighted by molar-refractivity contribution is 5.91. The minimum atomic E-state index is -0.00591. The van der Waals surface area contributed by atoms with Gasteiger partial charge in [-0.25, -0.2) is 0 Å². The van der Waals surface area contributed by atoms with Crippen molar-refractivity contribution in [2.45, 2.75) is 52.4 Å². The van der Waals surface area contributed by atoms with E-state index in [1.54, 1.807) is 0 Å². The topological polar surface area (TPSA) is 61.4 Å². The van der Waals surface area contributed by atoms with Gasteiger partial charge in [-0.3, -0.25) is 20.0 Å². The van der Waals surface area contributed by atoms with Crippen molar-refractivity contribution in [1.29, 1.82) is 0 Å². The number of para-hydroxylation sites is 2. The molecule has 6 atom stereocenters. The number of amides is 1. The first kappa shape index (κ1) is 23.3. The Morgan fingerprint density at radius 1 is 0.917 bits per heavy atom. The largest absolute Gasteiger partial charge is 0.387 e. The SMILES string of the molecule is C[C@]12CC[C@H]3[C@@H](CNC4=CC(=O)CC[C@@]43C)[C@@H]1CC[C@@H]2C(=O)NN(c1ccccc1)c1ccccc1. The van der Waals surface area contributed by atoms with E-state index in [0.29, 0.717) is 24.2 Å². The molecule has 0 bridgehead atoms. The Labute approximate surface area is 214 Å². The number of fused-ring (bicyclic) bond motifs is 5. The van der Waals surface area contributed by atoms with Crippen molar-refractivity contribution in [3.05, 3.63) is 72.4 Å². The number of hydrazine groups is 1. The van der Waals surface area contributed by atoms with Crippen molar-refractivity contribution in [1.82, 2.24) is 10.7 Å². The average Bonchev–Trinajstić information content (AvgIpc) is 3.26. The second kappa shape index (κ2) is 8.79. The Balaban J connectivity index is 1.24. The third kappa shape index (κ3) is 3.66. The summed E-state index contributed by atoms with van der Waals surface area (Å²) < 4.78 is 0. The van der Waals surface area contributed by atoms with E-state index in [0.717, 1.165) is 55.7 Å². The lowest BCUT2D eigenvalue weighted by atomic mass is 9.50. The molecule has 1 saturated heterocycles. The van der Waals surface area contributed by atoms with E-state index < -0.39 is 0 Å². The third-order valence-electron chi connectivity index (χ3n) is 10.2. The van der Waals surface area contributed by atoms with Crippen molar-refractivity contribution >= 4 is 23.1 Å². The molecule has 2 saturated carbocycles. The second-order valence-corrected chi connectivity index (χ2v) is 11.9. The molecule has 4 aliphatic rings. The maximum atomic E-state index is 13.9. The second-order valence-electron chi connectivity index (χ2n) is 11.9. The van der Waals surface area contributed by atoms with Gasteiger partial charge < -0.3 is 5.32 Å². The molecule has 3 aliphatic carbocycles. The van der Waals surface area contributed by atoms with Gasteiger partial charge in [-0.1, -0.05) is 50.2 Å². The normalized spacial score (nSPS) is 34.9. The van der Waals surface area contributed by atoms with Gasteiger partial charge in [0.05, 0.1) is 11.4 Å². The molecule has 6 rings (SSSR count). The summed E-state index contributed by atoms with van der Waals surface area (Å²) in [4.78, 5) is 26.0. The van der Waals surface area contributed by atoms with Crippen LogP contribution in [0.25, 0.3) is 0 Å². The fourth-order valence-electron chi connectivity index (χ4n) is 8.20. The standard InChI is InChI=1S/C31H37N3O2/c1-30-18-16-26-24(20-32-28-19-23(35)15-17-31(26,28)2)25(30)13-14-27(30)29(36)33-34(21-9-5-3-6-10-21)22-11-7-4-8-12-22/h3-12,19,24-27,32H,13-18,20H2,1-2H3,(H,33,36)/t24-,25-,26-,27+,30-,31+/m0/s1. The van der Waals surface area contributed by atoms with Gasteiger partial charge in [0.1, 0.15) is 0 Å². The molecule has 0 unspecified atom stereocenters. The zero-order chi connectivity index (χ0) is 24.9. The van der Waals surface area contributed by atoms with Crippen LogP contribution in [0.1, 0.15) is 52.4 Å². The highest BCUT2D eigenvalue weighted by atomic mass is 16.2. The average molecular weight is 484 g/mol. The molecule has 5 heteroatoms. The molecular weight excluding hydrogens is 446 g/mol. The van der Waals surface area contributed by atoms with Crippen LogP contribution in [0.5, 0.6) is 0 Å². The maximum absolute atomic E-state index is 13.9. The highest BCUT2D eigenvalue weighted by Gasteiger charge is 2.60. The van der Waals surface area contributed by atoms with E-state index in [1.807, 2.05) is 71.7 Å². The zero-order valence-corrected chi connectivity index (χ0v) is 21.4. The summed E-state index contributed by atoms with van der Waals surface area (Å²) in [6.07, 6.45) is 7.72. The van der Waals surface area contributed by atoms with Crippen LogP contribution in [0.4, 0.5) is 11.4 Å². The van der Waals surface area contributed by atoms with Crippen LogP contribution in [0.3, 0.4) is 0 Å². The Bertz CT molecular complexity index is 1140. The van der Waals surface area contributed by atoms with E-state index in [-0.39, 0.29) is 28.4 Å². The first-order chi connectivity index (χ1) is 17.4. The molecule has 188 valence electrons. The van der Waals surface area contributed by atoms with Crippen LogP contribution >= 0.6 is 0 Å².